The molecule has 0 bridgehead atoms. The Morgan fingerprint density at radius 2 is 1.72 bits per heavy atom. The van der Waals surface area contributed by atoms with Crippen LogP contribution in [0.4, 0.5) is 5.69 Å². The largest absolute Gasteiger partial charge is 0.489 e. The number of hydrogen-bond donors (Lipinski definition) is 0. The number of benzene rings is 3. The number of carbonyl (C=O) groups is 2. The van der Waals surface area contributed by atoms with Gasteiger partial charge in [-0.1, -0.05) is 61.0 Å². The number of hydrogen-bond acceptors (Lipinski definition) is 5. The lowest BCUT2D eigenvalue weighted by Gasteiger charge is -2.19. The van der Waals surface area contributed by atoms with Crippen molar-refractivity contribution < 1.29 is 19.1 Å². The Morgan fingerprint density at radius 1 is 1.03 bits per heavy atom. The van der Waals surface area contributed by atoms with Crippen LogP contribution in [0.15, 0.2) is 78.5 Å². The minimum Gasteiger partial charge on any atom is -0.489 e. The number of carbonyl (C=O) groups excluding carboxylic acids is 2. The Kier molecular flexibility index (Phi) is 8.03. The Bertz CT molecular complexity index is 1310. The molecule has 0 spiro atoms. The van der Waals surface area contributed by atoms with Crippen molar-refractivity contribution in [3.63, 3.8) is 0 Å². The first-order chi connectivity index (χ1) is 17.4. The summed E-state index contributed by atoms with van der Waals surface area (Å²) in [4.78, 5) is 28.5. The van der Waals surface area contributed by atoms with Gasteiger partial charge >= 0.3 is 5.97 Å². The number of nitrogens with zero attached hydrogens (tertiary/aromatic N) is 2. The monoisotopic (exact) mass is 520 g/mol. The maximum Gasteiger partial charge on any atom is 0.325 e. The number of aryl methyl sites for hydroxylation is 1. The van der Waals surface area contributed by atoms with Gasteiger partial charge in [0.05, 0.1) is 12.8 Å². The summed E-state index contributed by atoms with van der Waals surface area (Å²) in [5, 5.41) is 0.870. The number of anilines is 1. The van der Waals surface area contributed by atoms with E-state index in [1.807, 2.05) is 72.8 Å². The predicted molar refractivity (Wildman–Crippen MR) is 145 cm³/mol. The van der Waals surface area contributed by atoms with E-state index in [2.05, 4.69) is 6.92 Å². The first-order valence-electron chi connectivity index (χ1n) is 11.4. The summed E-state index contributed by atoms with van der Waals surface area (Å²) in [6, 6.07) is 22.4. The Labute approximate surface area is 220 Å². The van der Waals surface area contributed by atoms with Crippen LogP contribution in [0.3, 0.4) is 0 Å². The van der Waals surface area contributed by atoms with Crippen LogP contribution in [0.2, 0.25) is 5.02 Å². The molecule has 0 N–H and O–H groups in total. The highest BCUT2D eigenvalue weighted by atomic mass is 35.5. The average Bonchev–Trinajstić information content (AvgIpc) is 3.12. The molecule has 0 radical (unpaired) electrons. The number of amides is 1. The van der Waals surface area contributed by atoms with Crippen molar-refractivity contribution in [3.8, 4) is 5.75 Å². The van der Waals surface area contributed by atoms with Gasteiger partial charge in [0, 0.05) is 10.6 Å². The highest BCUT2D eigenvalue weighted by Gasteiger charge is 2.40. The second kappa shape index (κ2) is 11.4. The molecule has 0 unspecified atom stereocenters. The van der Waals surface area contributed by atoms with E-state index in [1.165, 1.54) is 16.9 Å². The molecular formula is C28H25ClN2O4S. The Morgan fingerprint density at radius 3 is 2.36 bits per heavy atom. The van der Waals surface area contributed by atoms with Crippen LogP contribution in [0.25, 0.3) is 6.08 Å². The van der Waals surface area contributed by atoms with Crippen LogP contribution in [-0.2, 0) is 27.4 Å². The van der Waals surface area contributed by atoms with Crippen molar-refractivity contribution in [3.05, 3.63) is 100 Å². The Balaban J connectivity index is 1.58. The fraction of sp³-hybridized carbons (Fsp3) is 0.179. The summed E-state index contributed by atoms with van der Waals surface area (Å²) in [6.45, 7) is 2.23. The van der Waals surface area contributed by atoms with Gasteiger partial charge in [-0.05, 0) is 66.2 Å². The van der Waals surface area contributed by atoms with E-state index in [-0.39, 0.29) is 23.3 Å². The van der Waals surface area contributed by atoms with Gasteiger partial charge in [0.25, 0.3) is 5.91 Å². The van der Waals surface area contributed by atoms with Gasteiger partial charge in [-0.3, -0.25) is 14.5 Å². The van der Waals surface area contributed by atoms with Crippen LogP contribution >= 0.6 is 23.8 Å². The SMILES string of the molecule is CCc1ccc(N2C(=O)/C(=C/c3ccc(OCc4ccccc4Cl)cc3)N(CC(=O)OC)C2=S)cc1. The molecule has 1 fully saturated rings. The van der Waals surface area contributed by atoms with Gasteiger partial charge in [0.2, 0.25) is 0 Å². The zero-order valence-corrected chi connectivity index (χ0v) is 21.5. The molecule has 0 saturated carbocycles. The third-order valence-electron chi connectivity index (χ3n) is 5.79. The van der Waals surface area contributed by atoms with E-state index >= 15 is 0 Å². The standard InChI is InChI=1S/C28H25ClN2O4S/c1-3-19-8-12-22(13-9-19)31-27(33)25(30(28(31)36)17-26(32)34-2)16-20-10-14-23(15-11-20)35-18-21-6-4-5-7-24(21)29/h4-16H,3,17-18H2,1-2H3/b25-16-. The van der Waals surface area contributed by atoms with Crippen LogP contribution in [0, 0.1) is 0 Å². The number of thiocarbonyl (C=S) groups is 1. The second-order valence-electron chi connectivity index (χ2n) is 8.08. The molecule has 1 amide bonds. The third-order valence-corrected chi connectivity index (χ3v) is 6.56. The normalized spacial score (nSPS) is 14.5. The molecule has 1 heterocycles. The summed E-state index contributed by atoms with van der Waals surface area (Å²) >= 11 is 11.8. The van der Waals surface area contributed by atoms with Gasteiger partial charge in [0.1, 0.15) is 24.6 Å². The quantitative estimate of drug-likeness (QED) is 0.218. The van der Waals surface area contributed by atoms with Crippen molar-refractivity contribution in [2.24, 2.45) is 0 Å². The van der Waals surface area contributed by atoms with Crippen molar-refractivity contribution in [2.75, 3.05) is 18.6 Å². The minimum atomic E-state index is -0.498. The van der Waals surface area contributed by atoms with E-state index in [4.69, 9.17) is 33.3 Å². The predicted octanol–water partition coefficient (Wildman–Crippen LogP) is 5.63. The van der Waals surface area contributed by atoms with Crippen molar-refractivity contribution in [1.82, 2.24) is 4.90 Å². The topological polar surface area (TPSA) is 59.1 Å². The van der Waals surface area contributed by atoms with Crippen LogP contribution in [0.5, 0.6) is 5.75 Å². The molecule has 4 rings (SSSR count). The van der Waals surface area contributed by atoms with Gasteiger partial charge < -0.3 is 14.4 Å². The molecule has 184 valence electrons. The summed E-state index contributed by atoms with van der Waals surface area (Å²) < 4.78 is 10.7. The van der Waals surface area contributed by atoms with Gasteiger partial charge in [-0.25, -0.2) is 0 Å². The zero-order valence-electron chi connectivity index (χ0n) is 19.9. The minimum absolute atomic E-state index is 0.171. The number of ether oxygens (including phenoxy) is 2. The van der Waals surface area contributed by atoms with E-state index in [9.17, 15) is 9.59 Å². The fourth-order valence-corrected chi connectivity index (χ4v) is 4.27. The average molecular weight is 521 g/mol. The van der Waals surface area contributed by atoms with Crippen molar-refractivity contribution in [2.45, 2.75) is 20.0 Å². The molecule has 36 heavy (non-hydrogen) atoms. The molecule has 0 aliphatic carbocycles. The highest BCUT2D eigenvalue weighted by Crippen LogP contribution is 2.30. The van der Waals surface area contributed by atoms with E-state index in [1.54, 1.807) is 6.08 Å². The zero-order chi connectivity index (χ0) is 25.7. The number of halogens is 1. The van der Waals surface area contributed by atoms with E-state index in [0.717, 1.165) is 23.1 Å². The molecule has 0 atom stereocenters. The maximum absolute atomic E-state index is 13.5. The van der Waals surface area contributed by atoms with Crippen LogP contribution in [-0.4, -0.2) is 35.5 Å². The summed E-state index contributed by atoms with van der Waals surface area (Å²) in [7, 11) is 1.30. The highest BCUT2D eigenvalue weighted by molar-refractivity contribution is 7.80. The van der Waals surface area contributed by atoms with Crippen LogP contribution in [0.1, 0.15) is 23.6 Å². The third kappa shape index (κ3) is 5.58. The van der Waals surface area contributed by atoms with E-state index < -0.39 is 5.97 Å². The second-order valence-corrected chi connectivity index (χ2v) is 8.86. The number of esters is 1. The fourth-order valence-electron chi connectivity index (χ4n) is 3.73. The van der Waals surface area contributed by atoms with Gasteiger partial charge in [0.15, 0.2) is 5.11 Å². The first kappa shape index (κ1) is 25.4. The lowest BCUT2D eigenvalue weighted by molar-refractivity contribution is -0.140. The first-order valence-corrected chi connectivity index (χ1v) is 12.2. The summed E-state index contributed by atoms with van der Waals surface area (Å²) in [5.74, 6) is -0.149. The smallest absolute Gasteiger partial charge is 0.325 e. The molecule has 6 nitrogen and oxygen atoms in total. The number of methoxy groups -OCH3 is 1. The molecule has 1 aliphatic rings. The van der Waals surface area contributed by atoms with Gasteiger partial charge in [-0.15, -0.1) is 0 Å². The lowest BCUT2D eigenvalue weighted by atomic mass is 10.1. The molecule has 3 aromatic rings. The molecule has 0 aromatic heterocycles. The van der Waals surface area contributed by atoms with E-state index in [0.29, 0.717) is 23.1 Å². The molecular weight excluding hydrogens is 496 g/mol. The Hall–Kier alpha value is -3.68. The lowest BCUT2D eigenvalue weighted by Crippen LogP contribution is -2.35. The molecule has 1 aliphatic heterocycles. The van der Waals surface area contributed by atoms with Crippen molar-refractivity contribution in [1.29, 1.82) is 0 Å². The molecule has 8 heteroatoms. The van der Waals surface area contributed by atoms with Gasteiger partial charge in [-0.2, -0.15) is 0 Å². The molecule has 1 saturated heterocycles. The van der Waals surface area contributed by atoms with Crippen LogP contribution < -0.4 is 9.64 Å². The maximum atomic E-state index is 13.5. The summed E-state index contributed by atoms with van der Waals surface area (Å²) in [5.41, 5.74) is 3.72. The number of rotatable bonds is 8. The van der Waals surface area contributed by atoms with Crippen molar-refractivity contribution >= 4 is 52.6 Å². The molecule has 3 aromatic carbocycles. The summed E-state index contributed by atoms with van der Waals surface area (Å²) in [6.07, 6.45) is 2.59.